The summed E-state index contributed by atoms with van der Waals surface area (Å²) < 4.78 is 5.22. The number of hydrogen-bond acceptors (Lipinski definition) is 2. The second-order valence-electron chi connectivity index (χ2n) is 5.08. The summed E-state index contributed by atoms with van der Waals surface area (Å²) in [7, 11) is 1.64. The van der Waals surface area contributed by atoms with Gasteiger partial charge in [-0.15, -0.1) is 0 Å². The Morgan fingerprint density at radius 2 is 1.89 bits per heavy atom. The zero-order valence-electron chi connectivity index (χ0n) is 11.0. The van der Waals surface area contributed by atoms with Crippen LogP contribution in [-0.2, 0) is 0 Å². The molecular formula is C17H18O2. The van der Waals surface area contributed by atoms with Crippen molar-refractivity contribution in [3.05, 3.63) is 65.2 Å². The summed E-state index contributed by atoms with van der Waals surface area (Å²) in [6.07, 6.45) is 1.90. The maximum absolute atomic E-state index is 10.6. The first-order chi connectivity index (χ1) is 9.29. The summed E-state index contributed by atoms with van der Waals surface area (Å²) in [5, 5.41) is 10.6. The van der Waals surface area contributed by atoms with E-state index < -0.39 is 6.10 Å². The van der Waals surface area contributed by atoms with E-state index in [0.29, 0.717) is 5.92 Å². The van der Waals surface area contributed by atoms with Crippen LogP contribution >= 0.6 is 0 Å². The van der Waals surface area contributed by atoms with Crippen molar-refractivity contribution < 1.29 is 9.84 Å². The van der Waals surface area contributed by atoms with Crippen molar-refractivity contribution in [1.29, 1.82) is 0 Å². The van der Waals surface area contributed by atoms with E-state index in [4.69, 9.17) is 4.74 Å². The Morgan fingerprint density at radius 1 is 1.11 bits per heavy atom. The van der Waals surface area contributed by atoms with Gasteiger partial charge in [-0.1, -0.05) is 36.4 Å². The molecule has 0 spiro atoms. The zero-order chi connectivity index (χ0) is 13.2. The molecule has 0 aromatic heterocycles. The van der Waals surface area contributed by atoms with Crippen molar-refractivity contribution in [3.63, 3.8) is 0 Å². The van der Waals surface area contributed by atoms with E-state index in [2.05, 4.69) is 12.1 Å². The summed E-state index contributed by atoms with van der Waals surface area (Å²) >= 11 is 0. The van der Waals surface area contributed by atoms with Gasteiger partial charge in [0.2, 0.25) is 0 Å². The minimum atomic E-state index is -0.577. The van der Waals surface area contributed by atoms with Crippen LogP contribution in [0.5, 0.6) is 5.75 Å². The van der Waals surface area contributed by atoms with Crippen molar-refractivity contribution in [2.24, 2.45) is 0 Å². The molecule has 1 fully saturated rings. The first-order valence-electron chi connectivity index (χ1n) is 6.70. The molecule has 1 N–H and O–H groups in total. The molecule has 3 rings (SSSR count). The molecule has 1 atom stereocenters. The van der Waals surface area contributed by atoms with Gasteiger partial charge < -0.3 is 9.84 Å². The van der Waals surface area contributed by atoms with Crippen LogP contribution in [0.4, 0.5) is 0 Å². The van der Waals surface area contributed by atoms with Gasteiger partial charge >= 0.3 is 0 Å². The van der Waals surface area contributed by atoms with Crippen LogP contribution in [0, 0.1) is 0 Å². The van der Waals surface area contributed by atoms with Crippen molar-refractivity contribution in [1.82, 2.24) is 0 Å². The lowest BCUT2D eigenvalue weighted by Gasteiger charge is -2.16. The fourth-order valence-corrected chi connectivity index (χ4v) is 2.52. The molecule has 1 saturated carbocycles. The van der Waals surface area contributed by atoms with Gasteiger partial charge in [-0.2, -0.15) is 0 Å². The van der Waals surface area contributed by atoms with Crippen LogP contribution in [0.2, 0.25) is 0 Å². The Labute approximate surface area is 113 Å². The maximum atomic E-state index is 10.6. The first kappa shape index (κ1) is 12.2. The number of methoxy groups -OCH3 is 1. The number of aliphatic hydroxyl groups is 1. The molecule has 2 aromatic carbocycles. The molecule has 2 aromatic rings. The maximum Gasteiger partial charge on any atom is 0.119 e. The van der Waals surface area contributed by atoms with Crippen molar-refractivity contribution in [2.75, 3.05) is 7.11 Å². The normalized spacial score (nSPS) is 16.1. The van der Waals surface area contributed by atoms with Gasteiger partial charge in [-0.3, -0.25) is 0 Å². The highest BCUT2D eigenvalue weighted by atomic mass is 16.5. The second kappa shape index (κ2) is 5.06. The number of benzene rings is 2. The van der Waals surface area contributed by atoms with Gasteiger partial charge in [0.05, 0.1) is 7.11 Å². The SMILES string of the molecule is COc1cccc(C(O)c2ccccc2C2CC2)c1. The predicted molar refractivity (Wildman–Crippen MR) is 75.5 cm³/mol. The Morgan fingerprint density at radius 3 is 2.63 bits per heavy atom. The molecule has 0 saturated heterocycles. The topological polar surface area (TPSA) is 29.5 Å². The minimum Gasteiger partial charge on any atom is -0.497 e. The van der Waals surface area contributed by atoms with Gasteiger partial charge in [-0.05, 0) is 47.6 Å². The van der Waals surface area contributed by atoms with E-state index in [9.17, 15) is 5.11 Å². The zero-order valence-corrected chi connectivity index (χ0v) is 11.0. The second-order valence-corrected chi connectivity index (χ2v) is 5.08. The molecule has 98 valence electrons. The van der Waals surface area contributed by atoms with E-state index in [1.807, 2.05) is 36.4 Å². The number of aliphatic hydroxyl groups excluding tert-OH is 1. The third-order valence-electron chi connectivity index (χ3n) is 3.72. The van der Waals surface area contributed by atoms with Crippen molar-refractivity contribution in [3.8, 4) is 5.75 Å². The molecule has 1 unspecified atom stereocenters. The molecule has 0 heterocycles. The third kappa shape index (κ3) is 2.49. The molecule has 0 bridgehead atoms. The molecule has 0 radical (unpaired) electrons. The van der Waals surface area contributed by atoms with Gasteiger partial charge in [0.1, 0.15) is 11.9 Å². The highest BCUT2D eigenvalue weighted by molar-refractivity contribution is 5.41. The fraction of sp³-hybridized carbons (Fsp3) is 0.294. The quantitative estimate of drug-likeness (QED) is 0.902. The van der Waals surface area contributed by atoms with Gasteiger partial charge in [0.25, 0.3) is 0 Å². The van der Waals surface area contributed by atoms with Gasteiger partial charge in [0.15, 0.2) is 0 Å². The van der Waals surface area contributed by atoms with E-state index in [1.54, 1.807) is 7.11 Å². The Balaban J connectivity index is 1.96. The van der Waals surface area contributed by atoms with Crippen LogP contribution in [0.15, 0.2) is 48.5 Å². The van der Waals surface area contributed by atoms with Crippen LogP contribution in [0.1, 0.15) is 41.6 Å². The van der Waals surface area contributed by atoms with E-state index in [-0.39, 0.29) is 0 Å². The molecule has 1 aliphatic rings. The number of hydrogen-bond donors (Lipinski definition) is 1. The van der Waals surface area contributed by atoms with Gasteiger partial charge in [-0.25, -0.2) is 0 Å². The van der Waals surface area contributed by atoms with Crippen LogP contribution < -0.4 is 4.74 Å². The van der Waals surface area contributed by atoms with E-state index in [0.717, 1.165) is 16.9 Å². The van der Waals surface area contributed by atoms with Crippen LogP contribution in [0.3, 0.4) is 0 Å². The lowest BCUT2D eigenvalue weighted by Crippen LogP contribution is -2.03. The standard InChI is InChI=1S/C17H18O2/c1-19-14-6-4-5-13(11-14)17(18)16-8-3-2-7-15(16)12-9-10-12/h2-8,11-12,17-18H,9-10H2,1H3. The number of rotatable bonds is 4. The van der Waals surface area contributed by atoms with E-state index >= 15 is 0 Å². The highest BCUT2D eigenvalue weighted by Gasteiger charge is 2.27. The number of ether oxygens (including phenoxy) is 1. The average molecular weight is 254 g/mol. The molecule has 0 amide bonds. The predicted octanol–water partition coefficient (Wildman–Crippen LogP) is 3.65. The Hall–Kier alpha value is -1.80. The fourth-order valence-electron chi connectivity index (χ4n) is 2.52. The minimum absolute atomic E-state index is 0.577. The van der Waals surface area contributed by atoms with Crippen LogP contribution in [-0.4, -0.2) is 12.2 Å². The molecule has 1 aliphatic carbocycles. The lowest BCUT2D eigenvalue weighted by atomic mass is 9.94. The molecule has 2 nitrogen and oxygen atoms in total. The van der Waals surface area contributed by atoms with E-state index in [1.165, 1.54) is 18.4 Å². The lowest BCUT2D eigenvalue weighted by molar-refractivity contribution is 0.218. The van der Waals surface area contributed by atoms with Crippen molar-refractivity contribution >= 4 is 0 Å². The largest absolute Gasteiger partial charge is 0.497 e. The Bertz CT molecular complexity index is 573. The molecular weight excluding hydrogens is 236 g/mol. The van der Waals surface area contributed by atoms with Crippen LogP contribution in [0.25, 0.3) is 0 Å². The first-order valence-corrected chi connectivity index (χ1v) is 6.70. The summed E-state index contributed by atoms with van der Waals surface area (Å²) in [6.45, 7) is 0. The molecule has 0 aliphatic heterocycles. The van der Waals surface area contributed by atoms with Crippen molar-refractivity contribution in [2.45, 2.75) is 24.9 Å². The summed E-state index contributed by atoms with van der Waals surface area (Å²) in [5.41, 5.74) is 3.20. The smallest absolute Gasteiger partial charge is 0.119 e. The summed E-state index contributed by atoms with van der Waals surface area (Å²) in [6, 6.07) is 15.8. The summed E-state index contributed by atoms with van der Waals surface area (Å²) in [5.74, 6) is 1.41. The molecule has 19 heavy (non-hydrogen) atoms. The van der Waals surface area contributed by atoms with Gasteiger partial charge in [0, 0.05) is 0 Å². The molecule has 2 heteroatoms. The summed E-state index contributed by atoms with van der Waals surface area (Å²) in [4.78, 5) is 0. The average Bonchev–Trinajstić information content (AvgIpc) is 3.31. The highest BCUT2D eigenvalue weighted by Crippen LogP contribution is 2.43. The Kier molecular flexibility index (Phi) is 3.26. The third-order valence-corrected chi connectivity index (χ3v) is 3.72. The monoisotopic (exact) mass is 254 g/mol.